The van der Waals surface area contributed by atoms with Gasteiger partial charge in [-0.05, 0) is 69.9 Å². The van der Waals surface area contributed by atoms with Gasteiger partial charge in [-0.3, -0.25) is 4.79 Å². The van der Waals surface area contributed by atoms with Crippen molar-refractivity contribution in [3.8, 4) is 11.5 Å². The molecular weight excluding hydrogens is 644 g/mol. The summed E-state index contributed by atoms with van der Waals surface area (Å²) in [6.45, 7) is 0.117. The summed E-state index contributed by atoms with van der Waals surface area (Å²) in [5.74, 6) is -0.959. The van der Waals surface area contributed by atoms with Crippen LogP contribution in [0.5, 0.6) is 11.5 Å². The van der Waals surface area contributed by atoms with Crippen molar-refractivity contribution in [2.45, 2.75) is 24.9 Å². The summed E-state index contributed by atoms with van der Waals surface area (Å²) in [6.07, 6.45) is 1.30. The number of carboxylic acid groups (broad SMARTS) is 1. The molecule has 14 heteroatoms. The summed E-state index contributed by atoms with van der Waals surface area (Å²) in [7, 11) is -0.745. The standard InChI is InChI=1S/C29H31BrN4O8S/c1-41-25-14-18(9-10-20(25)28(36)37)24-15-19(33-43(3,39)40)16-34(24)27(35)13-17-8-11-23(26(12-17)42-2)32-29(38)31-22-7-5-4-6-21(22)30/h4-12,14,19,24,33H,13,15-16H2,1-3H3,(H,36,37)(H2,31,32,38)/t19?,24-/m0/s1. The molecule has 3 aromatic rings. The number of sulfonamides is 1. The molecule has 2 atom stereocenters. The Morgan fingerprint density at radius 3 is 2.33 bits per heavy atom. The molecule has 0 saturated carbocycles. The van der Waals surface area contributed by atoms with Crippen molar-refractivity contribution in [1.82, 2.24) is 9.62 Å². The Balaban J connectivity index is 1.54. The molecule has 1 saturated heterocycles. The first-order valence-corrected chi connectivity index (χ1v) is 15.7. The minimum atomic E-state index is -3.55. The van der Waals surface area contributed by atoms with Gasteiger partial charge in [-0.15, -0.1) is 0 Å². The van der Waals surface area contributed by atoms with Crippen molar-refractivity contribution in [3.63, 3.8) is 0 Å². The number of nitrogens with one attached hydrogen (secondary N) is 3. The van der Waals surface area contributed by atoms with E-state index in [2.05, 4.69) is 31.3 Å². The second kappa shape index (κ2) is 13.4. The van der Waals surface area contributed by atoms with E-state index in [0.717, 1.165) is 10.7 Å². The lowest BCUT2D eigenvalue weighted by atomic mass is 10.0. The third-order valence-corrected chi connectivity index (χ3v) is 8.29. The highest BCUT2D eigenvalue weighted by atomic mass is 79.9. The van der Waals surface area contributed by atoms with Crippen molar-refractivity contribution in [2.75, 3.05) is 37.7 Å². The molecule has 43 heavy (non-hydrogen) atoms. The number of para-hydroxylation sites is 1. The van der Waals surface area contributed by atoms with Gasteiger partial charge in [0.25, 0.3) is 0 Å². The SMILES string of the molecule is COc1cc(CC(=O)N2CC(NS(C)(=O)=O)C[C@H]2c2ccc(C(=O)O)c(OC)c2)ccc1NC(=O)Nc1ccccc1Br. The van der Waals surface area contributed by atoms with Crippen molar-refractivity contribution in [1.29, 1.82) is 0 Å². The smallest absolute Gasteiger partial charge is 0.339 e. The van der Waals surface area contributed by atoms with Gasteiger partial charge in [-0.2, -0.15) is 0 Å². The molecule has 0 aliphatic carbocycles. The number of likely N-dealkylation sites (tertiary alicyclic amines) is 1. The Labute approximate surface area is 257 Å². The average molecular weight is 676 g/mol. The van der Waals surface area contributed by atoms with Gasteiger partial charge in [-0.1, -0.05) is 24.3 Å². The number of urea groups is 1. The Kier molecular flexibility index (Phi) is 9.94. The van der Waals surface area contributed by atoms with E-state index in [1.165, 1.54) is 20.3 Å². The molecule has 1 aliphatic heterocycles. The molecule has 1 unspecified atom stereocenters. The van der Waals surface area contributed by atoms with E-state index >= 15 is 0 Å². The lowest BCUT2D eigenvalue weighted by molar-refractivity contribution is -0.131. The highest BCUT2D eigenvalue weighted by molar-refractivity contribution is 9.10. The van der Waals surface area contributed by atoms with Crippen molar-refractivity contribution in [3.05, 3.63) is 81.8 Å². The van der Waals surface area contributed by atoms with Crippen molar-refractivity contribution < 1.29 is 37.4 Å². The second-order valence-electron chi connectivity index (χ2n) is 9.92. The molecule has 0 bridgehead atoms. The number of anilines is 2. The van der Waals surface area contributed by atoms with Gasteiger partial charge >= 0.3 is 12.0 Å². The first-order valence-electron chi connectivity index (χ1n) is 13.1. The summed E-state index contributed by atoms with van der Waals surface area (Å²) >= 11 is 3.38. The number of carbonyl (C=O) groups is 3. The van der Waals surface area contributed by atoms with Crippen LogP contribution in [-0.4, -0.2) is 69.4 Å². The molecule has 3 amide bonds. The monoisotopic (exact) mass is 674 g/mol. The van der Waals surface area contributed by atoms with Crippen LogP contribution in [0.1, 0.15) is 33.9 Å². The number of amides is 3. The van der Waals surface area contributed by atoms with Gasteiger partial charge in [-0.25, -0.2) is 22.7 Å². The van der Waals surface area contributed by atoms with Crippen molar-refractivity contribution in [2.24, 2.45) is 0 Å². The van der Waals surface area contributed by atoms with Crippen LogP contribution >= 0.6 is 15.9 Å². The van der Waals surface area contributed by atoms with Gasteiger partial charge in [0.15, 0.2) is 0 Å². The summed E-state index contributed by atoms with van der Waals surface area (Å²) in [6, 6.07) is 15.1. The molecule has 1 heterocycles. The quantitative estimate of drug-likeness (QED) is 0.248. The zero-order chi connectivity index (χ0) is 31.3. The molecule has 12 nitrogen and oxygen atoms in total. The van der Waals surface area contributed by atoms with E-state index in [-0.39, 0.29) is 36.6 Å². The van der Waals surface area contributed by atoms with E-state index in [0.29, 0.717) is 28.3 Å². The zero-order valence-electron chi connectivity index (χ0n) is 23.6. The van der Waals surface area contributed by atoms with E-state index in [9.17, 15) is 27.9 Å². The number of carbonyl (C=O) groups excluding carboxylic acids is 2. The topological polar surface area (TPSA) is 163 Å². The van der Waals surface area contributed by atoms with Gasteiger partial charge in [0.1, 0.15) is 17.1 Å². The highest BCUT2D eigenvalue weighted by Gasteiger charge is 2.37. The van der Waals surface area contributed by atoms with Crippen LogP contribution in [0.25, 0.3) is 0 Å². The van der Waals surface area contributed by atoms with Crippen LogP contribution in [0.15, 0.2) is 65.1 Å². The number of hydrogen-bond acceptors (Lipinski definition) is 7. The molecule has 1 fully saturated rings. The zero-order valence-corrected chi connectivity index (χ0v) is 26.0. The lowest BCUT2D eigenvalue weighted by Crippen LogP contribution is -2.38. The van der Waals surface area contributed by atoms with Crippen LogP contribution in [0.3, 0.4) is 0 Å². The number of nitrogens with zero attached hydrogens (tertiary/aromatic N) is 1. The Bertz CT molecular complexity index is 1650. The van der Waals surface area contributed by atoms with Crippen LogP contribution in [0.4, 0.5) is 16.2 Å². The maximum atomic E-state index is 13.6. The number of ether oxygens (including phenoxy) is 2. The average Bonchev–Trinajstić information content (AvgIpc) is 3.37. The molecule has 0 aromatic heterocycles. The van der Waals surface area contributed by atoms with Gasteiger partial charge in [0.2, 0.25) is 15.9 Å². The summed E-state index contributed by atoms with van der Waals surface area (Å²) < 4.78 is 38.0. The second-order valence-corrected chi connectivity index (χ2v) is 12.6. The van der Waals surface area contributed by atoms with E-state index in [1.54, 1.807) is 53.4 Å². The minimum Gasteiger partial charge on any atom is -0.496 e. The third kappa shape index (κ3) is 8.03. The third-order valence-electron chi connectivity index (χ3n) is 6.83. The number of methoxy groups -OCH3 is 2. The first-order chi connectivity index (χ1) is 20.4. The van der Waals surface area contributed by atoms with Gasteiger partial charge in [0.05, 0.1) is 44.3 Å². The number of carboxylic acids is 1. The first kappa shape index (κ1) is 31.8. The van der Waals surface area contributed by atoms with E-state index in [4.69, 9.17) is 9.47 Å². The fraction of sp³-hybridized carbons (Fsp3) is 0.276. The Morgan fingerprint density at radius 2 is 1.67 bits per heavy atom. The molecule has 0 spiro atoms. The number of hydrogen-bond donors (Lipinski definition) is 4. The van der Waals surface area contributed by atoms with Gasteiger partial charge in [0, 0.05) is 17.1 Å². The molecular formula is C29H31BrN4O8S. The summed E-state index contributed by atoms with van der Waals surface area (Å²) in [5.41, 5.74) is 2.17. The predicted molar refractivity (Wildman–Crippen MR) is 164 cm³/mol. The van der Waals surface area contributed by atoms with Crippen molar-refractivity contribution >= 4 is 55.2 Å². The van der Waals surface area contributed by atoms with Crippen LogP contribution in [-0.2, 0) is 21.2 Å². The molecule has 4 N–H and O–H groups in total. The van der Waals surface area contributed by atoms with Gasteiger partial charge < -0.3 is 30.1 Å². The number of rotatable bonds is 10. The predicted octanol–water partition coefficient (Wildman–Crippen LogP) is 4.24. The molecule has 4 rings (SSSR count). The lowest BCUT2D eigenvalue weighted by Gasteiger charge is -2.26. The number of halogens is 1. The molecule has 228 valence electrons. The number of aromatic carboxylic acids is 1. The summed E-state index contributed by atoms with van der Waals surface area (Å²) in [4.78, 5) is 39.4. The Hall–Kier alpha value is -4.14. The molecule has 0 radical (unpaired) electrons. The molecule has 1 aliphatic rings. The summed E-state index contributed by atoms with van der Waals surface area (Å²) in [5, 5.41) is 14.9. The van der Waals surface area contributed by atoms with Crippen LogP contribution < -0.4 is 24.8 Å². The fourth-order valence-corrected chi connectivity index (χ4v) is 6.13. The largest absolute Gasteiger partial charge is 0.496 e. The van der Waals surface area contributed by atoms with Crippen LogP contribution in [0, 0.1) is 0 Å². The fourth-order valence-electron chi connectivity index (χ4n) is 4.97. The minimum absolute atomic E-state index is 0.0289. The van der Waals surface area contributed by atoms with E-state index in [1.807, 2.05) is 6.07 Å². The van der Waals surface area contributed by atoms with E-state index < -0.39 is 34.1 Å². The Morgan fingerprint density at radius 1 is 0.977 bits per heavy atom. The maximum absolute atomic E-state index is 13.6. The maximum Gasteiger partial charge on any atom is 0.339 e. The molecule has 3 aromatic carbocycles. The number of benzene rings is 3. The normalized spacial score (nSPS) is 16.4. The van der Waals surface area contributed by atoms with Crippen LogP contribution in [0.2, 0.25) is 0 Å². The highest BCUT2D eigenvalue weighted by Crippen LogP contribution is 2.36.